The van der Waals surface area contributed by atoms with Crippen molar-refractivity contribution in [3.8, 4) is 17.6 Å². The van der Waals surface area contributed by atoms with Crippen LogP contribution in [0.3, 0.4) is 0 Å². The number of likely N-dealkylation sites (N-methyl/N-ethyl adjacent to an activating group) is 1. The van der Waals surface area contributed by atoms with Gasteiger partial charge in [-0.3, -0.25) is 9.69 Å². The molecule has 0 aromatic heterocycles. The second-order valence-corrected chi connectivity index (χ2v) is 14.7. The smallest absolute Gasteiger partial charge is 0.250 e. The molecule has 0 aliphatic rings. The zero-order chi connectivity index (χ0) is 21.6. The van der Waals surface area contributed by atoms with E-state index in [0.29, 0.717) is 18.7 Å². The van der Waals surface area contributed by atoms with Gasteiger partial charge in [0.25, 0.3) is 0 Å². The van der Waals surface area contributed by atoms with Gasteiger partial charge in [0.15, 0.2) is 5.78 Å². The lowest BCUT2D eigenvalue weighted by Crippen LogP contribution is -2.43. The molecule has 0 radical (unpaired) electrons. The summed E-state index contributed by atoms with van der Waals surface area (Å²) in [6, 6.07) is 7.55. The molecule has 0 bridgehead atoms. The number of carbonyl (C=O) groups excluding carboxylic acids is 1. The van der Waals surface area contributed by atoms with E-state index in [-0.39, 0.29) is 16.2 Å². The molecule has 154 valence electrons. The van der Waals surface area contributed by atoms with Crippen molar-refractivity contribution < 1.29 is 9.22 Å². The van der Waals surface area contributed by atoms with Crippen molar-refractivity contribution in [1.82, 2.24) is 4.90 Å². The van der Waals surface area contributed by atoms with E-state index >= 15 is 0 Å². The van der Waals surface area contributed by atoms with E-state index < -0.39 is 8.32 Å². The summed E-state index contributed by atoms with van der Waals surface area (Å²) in [5.41, 5.74) is 0.720. The van der Waals surface area contributed by atoms with E-state index in [2.05, 4.69) is 66.5 Å². The number of allylic oxidation sites excluding steroid dienone is 1. The van der Waals surface area contributed by atoms with Crippen molar-refractivity contribution in [2.45, 2.75) is 59.7 Å². The Morgan fingerprint density at radius 2 is 1.68 bits per heavy atom. The number of hydrogen-bond acceptors (Lipinski definition) is 3. The molecule has 1 aromatic carbocycles. The molecular formula is C24H37NO2Si. The van der Waals surface area contributed by atoms with Gasteiger partial charge in [-0.05, 0) is 76.3 Å². The molecular weight excluding hydrogens is 362 g/mol. The van der Waals surface area contributed by atoms with Crippen molar-refractivity contribution in [1.29, 1.82) is 0 Å². The lowest BCUT2D eigenvalue weighted by Gasteiger charge is -2.36. The number of carbonyl (C=O) groups is 1. The molecule has 0 fully saturated rings. The normalized spacial score (nSPS) is 12.8. The average Bonchev–Trinajstić information content (AvgIpc) is 2.52. The van der Waals surface area contributed by atoms with Crippen LogP contribution in [0, 0.1) is 17.3 Å². The number of rotatable bonds is 7. The van der Waals surface area contributed by atoms with Gasteiger partial charge in [-0.2, -0.15) is 0 Å². The second kappa shape index (κ2) is 9.58. The van der Waals surface area contributed by atoms with Crippen molar-refractivity contribution in [2.75, 3.05) is 20.1 Å². The molecule has 0 saturated carbocycles. The first-order chi connectivity index (χ1) is 12.7. The molecule has 0 saturated heterocycles. The van der Waals surface area contributed by atoms with Crippen molar-refractivity contribution in [3.05, 3.63) is 42.0 Å². The molecule has 0 N–H and O–H groups in total. The number of ketones is 1. The van der Waals surface area contributed by atoms with Gasteiger partial charge in [-0.1, -0.05) is 38.7 Å². The number of benzene rings is 1. The third-order valence-corrected chi connectivity index (χ3v) is 9.19. The van der Waals surface area contributed by atoms with Crippen LogP contribution in [0.2, 0.25) is 18.1 Å². The maximum Gasteiger partial charge on any atom is 0.250 e. The molecule has 0 aliphatic carbocycles. The minimum absolute atomic E-state index is 0.00662. The zero-order valence-corrected chi connectivity index (χ0v) is 20.1. The van der Waals surface area contributed by atoms with Gasteiger partial charge in [-0.25, -0.2) is 0 Å². The first kappa shape index (κ1) is 24.2. The predicted molar refractivity (Wildman–Crippen MR) is 122 cm³/mol. The molecule has 0 spiro atoms. The van der Waals surface area contributed by atoms with E-state index in [4.69, 9.17) is 4.43 Å². The fourth-order valence-corrected chi connectivity index (χ4v) is 3.14. The van der Waals surface area contributed by atoms with Crippen LogP contribution in [0.4, 0.5) is 0 Å². The van der Waals surface area contributed by atoms with Gasteiger partial charge in [0.1, 0.15) is 5.75 Å². The maximum atomic E-state index is 12.5. The highest BCUT2D eigenvalue weighted by atomic mass is 28.4. The van der Waals surface area contributed by atoms with E-state index in [0.717, 1.165) is 5.75 Å². The zero-order valence-electron chi connectivity index (χ0n) is 19.1. The van der Waals surface area contributed by atoms with Crippen LogP contribution in [-0.4, -0.2) is 39.1 Å². The third-order valence-electron chi connectivity index (χ3n) is 4.83. The van der Waals surface area contributed by atoms with E-state index in [9.17, 15) is 4.79 Å². The third kappa shape index (κ3) is 8.46. The molecule has 4 heteroatoms. The fourth-order valence-electron chi connectivity index (χ4n) is 2.11. The molecule has 3 nitrogen and oxygen atoms in total. The summed E-state index contributed by atoms with van der Waals surface area (Å²) >= 11 is 0. The van der Waals surface area contributed by atoms with Crippen LogP contribution in [0.5, 0.6) is 5.75 Å². The Kier molecular flexibility index (Phi) is 8.28. The molecule has 1 aromatic rings. The highest BCUT2D eigenvalue weighted by Crippen LogP contribution is 2.37. The van der Waals surface area contributed by atoms with Crippen LogP contribution in [-0.2, 0) is 0 Å². The second-order valence-electron chi connectivity index (χ2n) is 9.93. The first-order valence-electron chi connectivity index (χ1n) is 9.90. The molecule has 0 amide bonds. The maximum absolute atomic E-state index is 12.5. The summed E-state index contributed by atoms with van der Waals surface area (Å²) in [6.07, 6.45) is 3.85. The lowest BCUT2D eigenvalue weighted by atomic mass is 9.98. The highest BCUT2D eigenvalue weighted by Gasteiger charge is 2.38. The van der Waals surface area contributed by atoms with Gasteiger partial charge in [0.05, 0.1) is 6.54 Å². The molecule has 28 heavy (non-hydrogen) atoms. The van der Waals surface area contributed by atoms with Gasteiger partial charge < -0.3 is 4.43 Å². The molecule has 0 atom stereocenters. The van der Waals surface area contributed by atoms with Crippen LogP contribution >= 0.6 is 0 Å². The van der Waals surface area contributed by atoms with Crippen LogP contribution in [0.25, 0.3) is 0 Å². The van der Waals surface area contributed by atoms with E-state index in [1.807, 2.05) is 48.4 Å². The summed E-state index contributed by atoms with van der Waals surface area (Å²) in [5.74, 6) is 7.16. The lowest BCUT2D eigenvalue weighted by molar-refractivity contribution is 0.0952. The highest BCUT2D eigenvalue weighted by molar-refractivity contribution is 6.74. The largest absolute Gasteiger partial charge is 0.544 e. The Morgan fingerprint density at radius 3 is 2.18 bits per heavy atom. The van der Waals surface area contributed by atoms with E-state index in [1.165, 1.54) is 0 Å². The quantitative estimate of drug-likeness (QED) is 0.330. The molecule has 0 unspecified atom stereocenters. The van der Waals surface area contributed by atoms with Crippen LogP contribution < -0.4 is 4.43 Å². The number of nitrogens with zero attached hydrogens (tertiary/aromatic N) is 1. The van der Waals surface area contributed by atoms with Crippen LogP contribution in [0.15, 0.2) is 36.4 Å². The Balaban J connectivity index is 2.61. The van der Waals surface area contributed by atoms with Gasteiger partial charge in [0.2, 0.25) is 8.32 Å². The minimum Gasteiger partial charge on any atom is -0.544 e. The Labute approximate surface area is 173 Å². The number of hydrogen-bond donors (Lipinski definition) is 0. The molecule has 0 aliphatic heterocycles. The summed E-state index contributed by atoms with van der Waals surface area (Å²) in [5, 5.41) is 0.148. The summed E-state index contributed by atoms with van der Waals surface area (Å²) in [4.78, 5) is 14.5. The first-order valence-corrected chi connectivity index (χ1v) is 12.8. The van der Waals surface area contributed by atoms with Crippen molar-refractivity contribution in [3.63, 3.8) is 0 Å². The minimum atomic E-state index is -1.86. The molecule has 1 rings (SSSR count). The predicted octanol–water partition coefficient (Wildman–Crippen LogP) is 5.79. The summed E-state index contributed by atoms with van der Waals surface area (Å²) < 4.78 is 6.28. The Morgan fingerprint density at radius 1 is 1.11 bits per heavy atom. The number of Topliss-reactive ketones (excluding diaryl/α,β-unsaturated/α-hetero) is 1. The fraction of sp³-hybridized carbons (Fsp3) is 0.542. The van der Waals surface area contributed by atoms with Crippen LogP contribution in [0.1, 0.15) is 51.9 Å². The van der Waals surface area contributed by atoms with Gasteiger partial charge in [-0.15, -0.1) is 0 Å². The SMILES string of the molecule is CN(C/C=C/C#CC(C)(C)C)CC(=O)c1ccc(O[Si](C)(C)C(C)(C)C)cc1. The van der Waals surface area contributed by atoms with Crippen molar-refractivity contribution >= 4 is 14.1 Å². The monoisotopic (exact) mass is 399 g/mol. The Hall–Kier alpha value is -1.83. The standard InChI is InChI=1S/C24H37NO2Si/c1-23(2,3)17-11-10-12-18-25(7)19-22(26)20-13-15-21(16-14-20)27-28(8,9)24(4,5)6/h10,12-16H,18-19H2,1-9H3/b12-10+. The Bertz CT molecular complexity index is 738. The van der Waals surface area contributed by atoms with E-state index in [1.54, 1.807) is 0 Å². The summed E-state index contributed by atoms with van der Waals surface area (Å²) in [6.45, 7) is 18.4. The average molecular weight is 400 g/mol. The topological polar surface area (TPSA) is 29.5 Å². The van der Waals surface area contributed by atoms with Crippen molar-refractivity contribution in [2.24, 2.45) is 5.41 Å². The molecule has 0 heterocycles. The van der Waals surface area contributed by atoms with Gasteiger partial charge in [0, 0.05) is 17.5 Å². The van der Waals surface area contributed by atoms with Gasteiger partial charge >= 0.3 is 0 Å². The summed E-state index contributed by atoms with van der Waals surface area (Å²) in [7, 11) is 0.0767.